The quantitative estimate of drug-likeness (QED) is 0.144. The number of aromatic nitrogens is 3. The lowest BCUT2D eigenvalue weighted by Gasteiger charge is -2.11. The lowest BCUT2D eigenvalue weighted by atomic mass is 10.2. The number of carboxylic acid groups (broad SMARTS) is 1. The lowest BCUT2D eigenvalue weighted by molar-refractivity contribution is -0.139. The predicted molar refractivity (Wildman–Crippen MR) is 149 cm³/mol. The first kappa shape index (κ1) is 27.7. The third-order valence-corrected chi connectivity index (χ3v) is 6.32. The van der Waals surface area contributed by atoms with Gasteiger partial charge in [0.25, 0.3) is 5.91 Å². The van der Waals surface area contributed by atoms with Gasteiger partial charge in [-0.15, -0.1) is 10.2 Å². The Morgan fingerprint density at radius 3 is 2.51 bits per heavy atom. The van der Waals surface area contributed by atoms with Gasteiger partial charge in [0.15, 0.2) is 17.6 Å². The van der Waals surface area contributed by atoms with Crippen molar-refractivity contribution in [2.24, 2.45) is 5.10 Å². The molecule has 2 N–H and O–H groups in total. The molecule has 0 saturated heterocycles. The van der Waals surface area contributed by atoms with E-state index >= 15 is 0 Å². The summed E-state index contributed by atoms with van der Waals surface area (Å²) >= 11 is 7.26. The molecule has 1 heterocycles. The first-order valence-electron chi connectivity index (χ1n) is 11.8. The van der Waals surface area contributed by atoms with Crippen molar-refractivity contribution in [3.05, 3.63) is 83.4 Å². The Balaban J connectivity index is 1.48. The summed E-state index contributed by atoms with van der Waals surface area (Å²) in [7, 11) is 0. The van der Waals surface area contributed by atoms with Crippen LogP contribution in [0.5, 0.6) is 11.5 Å². The van der Waals surface area contributed by atoms with E-state index in [0.29, 0.717) is 33.9 Å². The van der Waals surface area contributed by atoms with Gasteiger partial charge in [0, 0.05) is 21.8 Å². The van der Waals surface area contributed by atoms with Crippen LogP contribution >= 0.6 is 23.4 Å². The summed E-state index contributed by atoms with van der Waals surface area (Å²) in [6.45, 7) is 1.99. The molecule has 0 aliphatic carbocycles. The zero-order chi connectivity index (χ0) is 27.6. The van der Waals surface area contributed by atoms with E-state index in [-0.39, 0.29) is 11.7 Å². The number of amides is 1. The molecule has 0 aliphatic heterocycles. The fraction of sp³-hybridized carbons (Fsp3) is 0.148. The van der Waals surface area contributed by atoms with Gasteiger partial charge in [0.05, 0.1) is 18.6 Å². The maximum atomic E-state index is 12.5. The topological polar surface area (TPSA) is 128 Å². The summed E-state index contributed by atoms with van der Waals surface area (Å²) in [6.07, 6.45) is 1.39. The Labute approximate surface area is 233 Å². The number of thioether (sulfide) groups is 1. The van der Waals surface area contributed by atoms with E-state index in [4.69, 9.17) is 26.2 Å². The predicted octanol–water partition coefficient (Wildman–Crippen LogP) is 4.69. The van der Waals surface area contributed by atoms with Gasteiger partial charge in [0.2, 0.25) is 0 Å². The van der Waals surface area contributed by atoms with E-state index in [0.717, 1.165) is 17.0 Å². The molecule has 0 radical (unpaired) electrons. The van der Waals surface area contributed by atoms with Crippen LogP contribution in [0, 0.1) is 0 Å². The van der Waals surface area contributed by atoms with Crippen molar-refractivity contribution in [2.45, 2.75) is 12.1 Å². The monoisotopic (exact) mass is 565 g/mol. The number of ether oxygens (including phenoxy) is 2. The molecule has 4 aromatic rings. The number of carbonyl (C=O) groups is 2. The van der Waals surface area contributed by atoms with Gasteiger partial charge in [-0.1, -0.05) is 35.5 Å². The largest absolute Gasteiger partial charge is 0.494 e. The zero-order valence-corrected chi connectivity index (χ0v) is 22.4. The van der Waals surface area contributed by atoms with Crippen LogP contribution in [0.15, 0.2) is 83.1 Å². The second kappa shape index (κ2) is 13.4. The second-order valence-corrected chi connectivity index (χ2v) is 9.26. The molecule has 0 aliphatic rings. The summed E-state index contributed by atoms with van der Waals surface area (Å²) in [5, 5.41) is 22.6. The summed E-state index contributed by atoms with van der Waals surface area (Å²) in [6, 6.07) is 21.5. The molecule has 4 rings (SSSR count). The Bertz CT molecular complexity index is 1460. The van der Waals surface area contributed by atoms with Crippen LogP contribution in [0.25, 0.3) is 17.1 Å². The number of nitrogens with one attached hydrogen (secondary N) is 1. The Morgan fingerprint density at radius 1 is 1.05 bits per heavy atom. The number of hydrogen-bond donors (Lipinski definition) is 2. The highest BCUT2D eigenvalue weighted by molar-refractivity contribution is 7.99. The molecular formula is C27H24ClN5O5S. The van der Waals surface area contributed by atoms with Crippen LogP contribution in [0.3, 0.4) is 0 Å². The van der Waals surface area contributed by atoms with E-state index in [1.807, 2.05) is 47.9 Å². The highest BCUT2D eigenvalue weighted by Gasteiger charge is 2.17. The number of aliphatic carboxylic acids is 1. The highest BCUT2D eigenvalue weighted by Crippen LogP contribution is 2.29. The van der Waals surface area contributed by atoms with Crippen LogP contribution in [0.2, 0.25) is 5.02 Å². The molecule has 3 aromatic carbocycles. The Morgan fingerprint density at radius 2 is 1.79 bits per heavy atom. The van der Waals surface area contributed by atoms with Gasteiger partial charge in [-0.25, -0.2) is 10.2 Å². The molecular weight excluding hydrogens is 542 g/mol. The van der Waals surface area contributed by atoms with Crippen LogP contribution in [0.1, 0.15) is 12.5 Å². The molecule has 0 unspecified atom stereocenters. The Kier molecular flexibility index (Phi) is 9.54. The molecule has 1 amide bonds. The number of hydrazone groups is 1. The van der Waals surface area contributed by atoms with Crippen LogP contribution in [0.4, 0.5) is 0 Å². The zero-order valence-electron chi connectivity index (χ0n) is 20.8. The third-order valence-electron chi connectivity index (χ3n) is 5.14. The number of para-hydroxylation sites is 1. The van der Waals surface area contributed by atoms with Crippen molar-refractivity contribution in [1.29, 1.82) is 0 Å². The Hall–Kier alpha value is -4.35. The summed E-state index contributed by atoms with van der Waals surface area (Å²) in [4.78, 5) is 23.3. The molecule has 0 fully saturated rings. The number of hydrogen-bond acceptors (Lipinski definition) is 8. The van der Waals surface area contributed by atoms with Gasteiger partial charge < -0.3 is 14.6 Å². The second-order valence-electron chi connectivity index (χ2n) is 7.88. The summed E-state index contributed by atoms with van der Waals surface area (Å²) in [5.41, 5.74) is 4.60. The molecule has 12 heteroatoms. The van der Waals surface area contributed by atoms with Gasteiger partial charge in [0.1, 0.15) is 11.5 Å². The van der Waals surface area contributed by atoms with E-state index in [1.165, 1.54) is 18.0 Å². The van der Waals surface area contributed by atoms with E-state index in [1.54, 1.807) is 36.4 Å². The molecule has 10 nitrogen and oxygen atoms in total. The van der Waals surface area contributed by atoms with Crippen molar-refractivity contribution in [3.63, 3.8) is 0 Å². The number of carboxylic acids is 1. The molecule has 0 spiro atoms. The molecule has 0 atom stereocenters. The lowest BCUT2D eigenvalue weighted by Crippen LogP contribution is -2.20. The number of carbonyl (C=O) groups excluding carboxylic acids is 1. The highest BCUT2D eigenvalue weighted by atomic mass is 35.5. The molecule has 1 aromatic heterocycles. The molecule has 0 saturated carbocycles. The summed E-state index contributed by atoms with van der Waals surface area (Å²) in [5.74, 6) is 0.229. The van der Waals surface area contributed by atoms with E-state index in [2.05, 4.69) is 20.7 Å². The first-order valence-corrected chi connectivity index (χ1v) is 13.1. The average molecular weight is 566 g/mol. The SMILES string of the molecule is CCOc1ccc(-n2c(SCC(=O)N/N=C\c3ccccc3OCC(=O)O)nnc2-c2ccc(Cl)cc2)cc1. The minimum atomic E-state index is -1.09. The van der Waals surface area contributed by atoms with Crippen LogP contribution < -0.4 is 14.9 Å². The maximum Gasteiger partial charge on any atom is 0.341 e. The maximum absolute atomic E-state index is 12.5. The van der Waals surface area contributed by atoms with E-state index < -0.39 is 12.6 Å². The minimum Gasteiger partial charge on any atom is -0.494 e. The first-order chi connectivity index (χ1) is 18.9. The fourth-order valence-electron chi connectivity index (χ4n) is 3.43. The third kappa shape index (κ3) is 7.59. The fourth-order valence-corrected chi connectivity index (χ4v) is 4.30. The standard InChI is InChI=1S/C27H24ClN5O5S/c1-2-37-22-13-11-21(12-14-22)33-26(18-7-9-20(28)10-8-18)31-32-27(33)39-17-24(34)30-29-15-19-5-3-4-6-23(19)38-16-25(35)36/h3-15H,2,16-17H2,1H3,(H,30,34)(H,35,36)/b29-15-. The van der Waals surface area contributed by atoms with Gasteiger partial charge in [-0.2, -0.15) is 5.10 Å². The van der Waals surface area contributed by atoms with Crippen molar-refractivity contribution >= 4 is 41.5 Å². The van der Waals surface area contributed by atoms with Crippen molar-refractivity contribution in [2.75, 3.05) is 19.0 Å². The molecule has 39 heavy (non-hydrogen) atoms. The van der Waals surface area contributed by atoms with Crippen LogP contribution in [-0.2, 0) is 9.59 Å². The van der Waals surface area contributed by atoms with E-state index in [9.17, 15) is 9.59 Å². The van der Waals surface area contributed by atoms with Crippen molar-refractivity contribution in [3.8, 4) is 28.6 Å². The summed E-state index contributed by atoms with van der Waals surface area (Å²) < 4.78 is 12.7. The van der Waals surface area contributed by atoms with Crippen molar-refractivity contribution < 1.29 is 24.2 Å². The van der Waals surface area contributed by atoms with Crippen molar-refractivity contribution in [1.82, 2.24) is 20.2 Å². The number of nitrogens with zero attached hydrogens (tertiary/aromatic N) is 4. The smallest absolute Gasteiger partial charge is 0.341 e. The molecule has 200 valence electrons. The van der Waals surface area contributed by atoms with Gasteiger partial charge >= 0.3 is 5.97 Å². The number of halogens is 1. The van der Waals surface area contributed by atoms with Crippen LogP contribution in [-0.4, -0.2) is 56.9 Å². The number of rotatable bonds is 12. The average Bonchev–Trinajstić information content (AvgIpc) is 3.36. The van der Waals surface area contributed by atoms with Gasteiger partial charge in [-0.05, 0) is 67.6 Å². The minimum absolute atomic E-state index is 0.0181. The van der Waals surface area contributed by atoms with Gasteiger partial charge in [-0.3, -0.25) is 9.36 Å². The normalized spacial score (nSPS) is 10.9. The molecule has 0 bridgehead atoms. The number of benzene rings is 3.